The summed E-state index contributed by atoms with van der Waals surface area (Å²) in [5.74, 6) is -0.00523. The van der Waals surface area contributed by atoms with Gasteiger partial charge < -0.3 is 9.88 Å². The maximum absolute atomic E-state index is 3.96. The van der Waals surface area contributed by atoms with E-state index in [0.29, 0.717) is 0 Å². The Bertz CT molecular complexity index is 3410. The van der Waals surface area contributed by atoms with Crippen molar-refractivity contribution < 1.29 is 0 Å². The Balaban J connectivity index is 1.28. The van der Waals surface area contributed by atoms with Gasteiger partial charge in [-0.15, -0.1) is 11.3 Å². The molecular formula is C55H39BN2S. The van der Waals surface area contributed by atoms with Crippen LogP contribution in [0.25, 0.3) is 69.6 Å². The second kappa shape index (κ2) is 13.3. The van der Waals surface area contributed by atoms with Crippen LogP contribution in [0, 0.1) is 13.8 Å². The van der Waals surface area contributed by atoms with Crippen molar-refractivity contribution in [3.05, 3.63) is 210 Å². The molecule has 0 spiro atoms. The molecule has 4 heteroatoms. The van der Waals surface area contributed by atoms with Crippen LogP contribution in [0.2, 0.25) is 0 Å². The summed E-state index contributed by atoms with van der Waals surface area (Å²) < 4.78 is 5.22. The highest BCUT2D eigenvalue weighted by Crippen LogP contribution is 2.47. The Kier molecular flexibility index (Phi) is 7.73. The number of nitrogens with one attached hydrogen (secondary N) is 1. The topological polar surface area (TPSA) is 17.0 Å². The molecule has 0 atom stereocenters. The van der Waals surface area contributed by atoms with E-state index >= 15 is 0 Å². The SMILES string of the molecule is Cc1ccc(Nc2cc3sc4ccccc4c3cc2-c2cc(C(c3ccccc3)c3ccccc3)c3c4ccc5ccccc5c4n4c3c2Bc2cc(C)ccc2-4)cc1. The van der Waals surface area contributed by atoms with E-state index in [9.17, 15) is 0 Å². The molecule has 3 heterocycles. The monoisotopic (exact) mass is 770 g/mol. The van der Waals surface area contributed by atoms with Crippen LogP contribution in [0.1, 0.15) is 33.7 Å². The molecule has 0 fully saturated rings. The zero-order valence-electron chi connectivity index (χ0n) is 33.0. The zero-order valence-corrected chi connectivity index (χ0v) is 33.8. The van der Waals surface area contributed by atoms with E-state index in [1.54, 1.807) is 0 Å². The molecule has 59 heavy (non-hydrogen) atoms. The van der Waals surface area contributed by atoms with Gasteiger partial charge in [0.2, 0.25) is 0 Å². The second-order valence-corrected chi connectivity index (χ2v) is 17.4. The lowest BCUT2D eigenvalue weighted by Gasteiger charge is -2.27. The highest BCUT2D eigenvalue weighted by atomic mass is 32.1. The number of hydrogen-bond acceptors (Lipinski definition) is 2. The van der Waals surface area contributed by atoms with Crippen LogP contribution in [0.5, 0.6) is 0 Å². The second-order valence-electron chi connectivity index (χ2n) is 16.3. The highest BCUT2D eigenvalue weighted by Gasteiger charge is 2.32. The lowest BCUT2D eigenvalue weighted by molar-refractivity contribution is 0.990. The maximum Gasteiger partial charge on any atom is 0.198 e. The number of nitrogens with zero attached hydrogens (tertiary/aromatic N) is 1. The lowest BCUT2D eigenvalue weighted by Crippen LogP contribution is -2.37. The first-order chi connectivity index (χ1) is 29.1. The van der Waals surface area contributed by atoms with E-state index in [4.69, 9.17) is 0 Å². The smallest absolute Gasteiger partial charge is 0.198 e. The summed E-state index contributed by atoms with van der Waals surface area (Å²) >= 11 is 1.87. The van der Waals surface area contributed by atoms with Crippen molar-refractivity contribution >= 4 is 93.7 Å². The van der Waals surface area contributed by atoms with Gasteiger partial charge in [-0.2, -0.15) is 0 Å². The summed E-state index contributed by atoms with van der Waals surface area (Å²) in [4.78, 5) is 0. The molecular weight excluding hydrogens is 731 g/mol. The minimum atomic E-state index is -0.00523. The third-order valence-electron chi connectivity index (χ3n) is 12.6. The van der Waals surface area contributed by atoms with Crippen molar-refractivity contribution in [2.75, 3.05) is 5.32 Å². The first-order valence-corrected chi connectivity index (χ1v) is 21.4. The van der Waals surface area contributed by atoms with Gasteiger partial charge in [-0.3, -0.25) is 0 Å². The summed E-state index contributed by atoms with van der Waals surface area (Å²) in [6, 6.07) is 68.1. The van der Waals surface area contributed by atoms with Crippen molar-refractivity contribution in [2.24, 2.45) is 0 Å². The fraction of sp³-hybridized carbons (Fsp3) is 0.0545. The molecule has 0 saturated carbocycles. The molecule has 1 aliphatic rings. The third kappa shape index (κ3) is 5.40. The molecule has 2 aromatic heterocycles. The van der Waals surface area contributed by atoms with Gasteiger partial charge in [0.25, 0.3) is 0 Å². The van der Waals surface area contributed by atoms with Crippen LogP contribution >= 0.6 is 11.3 Å². The van der Waals surface area contributed by atoms with Gasteiger partial charge in [-0.1, -0.05) is 156 Å². The molecule has 1 N–H and O–H groups in total. The standard InChI is InChI=1S/C55H39BN2S/c1-33-21-25-38(26-22-33)57-47-32-50-43(40-19-11-12-20-49(40)59-50)30-42(47)44-31-45(51(36-14-5-3-6-15-36)37-16-7-4-8-17-37)52-41-27-24-35-13-9-10-18-39(35)54(41)58-48-28-23-34(2)29-46(48)56-53(44)55(52)58/h3-32,51,56-57H,1-2H3. The quantitative estimate of drug-likeness (QED) is 0.132. The average Bonchev–Trinajstić information content (AvgIpc) is 3.82. The fourth-order valence-electron chi connectivity index (χ4n) is 9.95. The highest BCUT2D eigenvalue weighted by molar-refractivity contribution is 7.25. The summed E-state index contributed by atoms with van der Waals surface area (Å²) in [6.45, 7) is 4.37. The largest absolute Gasteiger partial charge is 0.355 e. The van der Waals surface area contributed by atoms with Crippen LogP contribution < -0.4 is 16.2 Å². The molecule has 2 nitrogen and oxygen atoms in total. The number of hydrogen-bond donors (Lipinski definition) is 1. The van der Waals surface area contributed by atoms with E-state index in [1.807, 2.05) is 11.3 Å². The van der Waals surface area contributed by atoms with Crippen molar-refractivity contribution in [1.29, 1.82) is 0 Å². The molecule has 0 amide bonds. The molecule has 0 saturated heterocycles. The van der Waals surface area contributed by atoms with E-state index in [2.05, 4.69) is 206 Å². The normalized spacial score (nSPS) is 12.2. The Labute approximate surface area is 348 Å². The lowest BCUT2D eigenvalue weighted by atomic mass is 9.58. The summed E-state index contributed by atoms with van der Waals surface area (Å²) in [7, 11) is 0.838. The van der Waals surface area contributed by atoms with Gasteiger partial charge in [0.05, 0.1) is 5.52 Å². The first kappa shape index (κ1) is 34.2. The molecule has 0 unspecified atom stereocenters. The number of thiophene rings is 1. The van der Waals surface area contributed by atoms with Crippen LogP contribution in [-0.2, 0) is 0 Å². The number of rotatable bonds is 6. The number of aromatic nitrogens is 1. The summed E-state index contributed by atoms with van der Waals surface area (Å²) in [5.41, 5.74) is 17.7. The Hall–Kier alpha value is -6.88. The van der Waals surface area contributed by atoms with Gasteiger partial charge in [0, 0.05) is 70.4 Å². The minimum absolute atomic E-state index is 0.00523. The number of benzene rings is 9. The van der Waals surface area contributed by atoms with Crippen LogP contribution in [-0.4, -0.2) is 11.8 Å². The van der Waals surface area contributed by atoms with Gasteiger partial charge in [0.15, 0.2) is 7.28 Å². The van der Waals surface area contributed by atoms with E-state index < -0.39 is 0 Å². The maximum atomic E-state index is 3.96. The van der Waals surface area contributed by atoms with Gasteiger partial charge in [-0.25, -0.2) is 0 Å². The molecule has 9 aromatic carbocycles. The fourth-order valence-corrected chi connectivity index (χ4v) is 11.1. The first-order valence-electron chi connectivity index (χ1n) is 20.6. The molecule has 0 bridgehead atoms. The van der Waals surface area contributed by atoms with E-state index in [-0.39, 0.29) is 5.92 Å². The van der Waals surface area contributed by atoms with Crippen molar-refractivity contribution in [1.82, 2.24) is 4.57 Å². The third-order valence-corrected chi connectivity index (χ3v) is 13.7. The van der Waals surface area contributed by atoms with Crippen LogP contribution in [0.3, 0.4) is 0 Å². The van der Waals surface area contributed by atoms with Gasteiger partial charge in [0.1, 0.15) is 0 Å². The predicted octanol–water partition coefficient (Wildman–Crippen LogP) is 13.2. The Morgan fingerprint density at radius 2 is 1.22 bits per heavy atom. The molecule has 1 aliphatic heterocycles. The predicted molar refractivity (Wildman–Crippen MR) is 256 cm³/mol. The van der Waals surface area contributed by atoms with E-state index in [1.165, 1.54) is 108 Å². The molecule has 12 rings (SSSR count). The van der Waals surface area contributed by atoms with Crippen LogP contribution in [0.4, 0.5) is 11.4 Å². The molecule has 11 aromatic rings. The van der Waals surface area contributed by atoms with Crippen molar-refractivity contribution in [3.63, 3.8) is 0 Å². The van der Waals surface area contributed by atoms with Gasteiger partial charge >= 0.3 is 0 Å². The Morgan fingerprint density at radius 3 is 2.00 bits per heavy atom. The molecule has 278 valence electrons. The summed E-state index contributed by atoms with van der Waals surface area (Å²) in [6.07, 6.45) is 0. The van der Waals surface area contributed by atoms with Crippen molar-refractivity contribution in [2.45, 2.75) is 19.8 Å². The Morgan fingerprint density at radius 1 is 0.525 bits per heavy atom. The molecule has 0 radical (unpaired) electrons. The summed E-state index contributed by atoms with van der Waals surface area (Å²) in [5, 5.41) is 11.7. The van der Waals surface area contributed by atoms with Gasteiger partial charge in [-0.05, 0) is 89.4 Å². The number of fused-ring (bicyclic) bond motifs is 10. The number of aryl methyl sites for hydroxylation is 2. The molecule has 0 aliphatic carbocycles. The van der Waals surface area contributed by atoms with Crippen molar-refractivity contribution in [3.8, 4) is 16.8 Å². The average molecular weight is 771 g/mol. The number of anilines is 2. The van der Waals surface area contributed by atoms with E-state index in [0.717, 1.165) is 18.7 Å². The zero-order chi connectivity index (χ0) is 39.2. The minimum Gasteiger partial charge on any atom is -0.355 e. The van der Waals surface area contributed by atoms with Crippen LogP contribution in [0.15, 0.2) is 182 Å².